The fourth-order valence-electron chi connectivity index (χ4n) is 2.44. The van der Waals surface area contributed by atoms with Gasteiger partial charge in [-0.15, -0.1) is 18.3 Å². The van der Waals surface area contributed by atoms with Crippen molar-refractivity contribution < 1.29 is 27.4 Å². The Kier molecular flexibility index (Phi) is 4.74. The first-order chi connectivity index (χ1) is 9.90. The minimum absolute atomic E-state index is 0.00231. The molecule has 1 aromatic heterocycles. The molecule has 0 aliphatic heterocycles. The van der Waals surface area contributed by atoms with Crippen LogP contribution in [0, 0.1) is 0 Å². The molecular weight excluding hydrogens is 289 g/mol. The molecule has 0 bridgehead atoms. The molecule has 0 unspecified atom stereocenters. The number of alkyl halides is 3. The van der Waals surface area contributed by atoms with Crippen molar-refractivity contribution in [3.63, 3.8) is 0 Å². The SMILES string of the molecule is CCOC(=O)c1cn(C2CCCCC2)nc1OC(F)(F)F. The number of rotatable bonds is 4. The second kappa shape index (κ2) is 6.36. The van der Waals surface area contributed by atoms with Crippen LogP contribution >= 0.6 is 0 Å². The van der Waals surface area contributed by atoms with Gasteiger partial charge in [-0.3, -0.25) is 4.68 Å². The van der Waals surface area contributed by atoms with Crippen LogP contribution in [0.15, 0.2) is 6.20 Å². The predicted octanol–water partition coefficient (Wildman–Crippen LogP) is 3.46. The highest BCUT2D eigenvalue weighted by molar-refractivity contribution is 5.91. The van der Waals surface area contributed by atoms with Gasteiger partial charge < -0.3 is 9.47 Å². The Balaban J connectivity index is 2.27. The van der Waals surface area contributed by atoms with E-state index in [4.69, 9.17) is 4.74 Å². The molecule has 0 spiro atoms. The normalized spacial score (nSPS) is 16.8. The fourth-order valence-corrected chi connectivity index (χ4v) is 2.44. The Morgan fingerprint density at radius 2 is 2.05 bits per heavy atom. The molecule has 8 heteroatoms. The van der Waals surface area contributed by atoms with E-state index in [1.807, 2.05) is 0 Å². The van der Waals surface area contributed by atoms with Gasteiger partial charge in [0.05, 0.1) is 12.6 Å². The molecule has 0 N–H and O–H groups in total. The molecule has 1 saturated carbocycles. The molecule has 0 amide bonds. The molecule has 1 fully saturated rings. The van der Waals surface area contributed by atoms with Crippen LogP contribution in [0.1, 0.15) is 55.4 Å². The summed E-state index contributed by atoms with van der Waals surface area (Å²) in [6.45, 7) is 1.65. The minimum Gasteiger partial charge on any atom is -0.462 e. The standard InChI is InChI=1S/C13H17F3N2O3/c1-2-20-12(19)10-8-18(9-6-4-3-5-7-9)17-11(10)21-13(14,15)16/h8-9H,2-7H2,1H3. The van der Waals surface area contributed by atoms with Crippen molar-refractivity contribution in [3.05, 3.63) is 11.8 Å². The molecule has 0 atom stereocenters. The number of ether oxygens (including phenoxy) is 2. The first kappa shape index (κ1) is 15.7. The van der Waals surface area contributed by atoms with Gasteiger partial charge in [0.1, 0.15) is 5.56 Å². The molecule has 21 heavy (non-hydrogen) atoms. The van der Waals surface area contributed by atoms with Crippen LogP contribution in [-0.2, 0) is 4.74 Å². The minimum atomic E-state index is -4.90. The maximum Gasteiger partial charge on any atom is 0.574 e. The van der Waals surface area contributed by atoms with Gasteiger partial charge in [0.15, 0.2) is 0 Å². The summed E-state index contributed by atoms with van der Waals surface area (Å²) in [5, 5.41) is 3.80. The van der Waals surface area contributed by atoms with E-state index < -0.39 is 18.2 Å². The number of halogens is 3. The first-order valence-electron chi connectivity index (χ1n) is 6.92. The number of aromatic nitrogens is 2. The van der Waals surface area contributed by atoms with Gasteiger partial charge in [-0.2, -0.15) is 0 Å². The molecular formula is C13H17F3N2O3. The van der Waals surface area contributed by atoms with Gasteiger partial charge in [0.25, 0.3) is 5.88 Å². The van der Waals surface area contributed by atoms with Crippen LogP contribution in [0.25, 0.3) is 0 Å². The van der Waals surface area contributed by atoms with Crippen molar-refractivity contribution in [2.24, 2.45) is 0 Å². The summed E-state index contributed by atoms with van der Waals surface area (Å²) in [7, 11) is 0. The number of hydrogen-bond acceptors (Lipinski definition) is 4. The zero-order valence-corrected chi connectivity index (χ0v) is 11.7. The topological polar surface area (TPSA) is 53.4 Å². The van der Waals surface area contributed by atoms with Crippen molar-refractivity contribution in [1.82, 2.24) is 9.78 Å². The average Bonchev–Trinajstić information content (AvgIpc) is 2.82. The lowest BCUT2D eigenvalue weighted by atomic mass is 9.96. The smallest absolute Gasteiger partial charge is 0.462 e. The third-order valence-corrected chi connectivity index (χ3v) is 3.35. The van der Waals surface area contributed by atoms with E-state index in [0.29, 0.717) is 0 Å². The lowest BCUT2D eigenvalue weighted by Crippen LogP contribution is -2.19. The summed E-state index contributed by atoms with van der Waals surface area (Å²) in [6, 6.07) is -0.00231. The van der Waals surface area contributed by atoms with E-state index in [-0.39, 0.29) is 18.2 Å². The van der Waals surface area contributed by atoms with Crippen molar-refractivity contribution in [2.75, 3.05) is 6.61 Å². The zero-order chi connectivity index (χ0) is 15.5. The maximum absolute atomic E-state index is 12.4. The molecule has 1 aliphatic rings. The van der Waals surface area contributed by atoms with Crippen LogP contribution in [0.4, 0.5) is 13.2 Å². The Hall–Kier alpha value is -1.73. The molecule has 1 aromatic rings. The Morgan fingerprint density at radius 3 is 2.62 bits per heavy atom. The van der Waals surface area contributed by atoms with Gasteiger partial charge in [0, 0.05) is 6.20 Å². The van der Waals surface area contributed by atoms with Gasteiger partial charge >= 0.3 is 12.3 Å². The molecule has 118 valence electrons. The quantitative estimate of drug-likeness (QED) is 0.799. The van der Waals surface area contributed by atoms with E-state index in [2.05, 4.69) is 9.84 Å². The molecule has 5 nitrogen and oxygen atoms in total. The van der Waals surface area contributed by atoms with Crippen molar-refractivity contribution in [3.8, 4) is 5.88 Å². The van der Waals surface area contributed by atoms with E-state index in [1.165, 1.54) is 10.9 Å². The van der Waals surface area contributed by atoms with Crippen LogP contribution in [0.2, 0.25) is 0 Å². The first-order valence-corrected chi connectivity index (χ1v) is 6.92. The number of hydrogen-bond donors (Lipinski definition) is 0. The Morgan fingerprint density at radius 1 is 1.38 bits per heavy atom. The van der Waals surface area contributed by atoms with Crippen LogP contribution in [-0.4, -0.2) is 28.7 Å². The second-order valence-electron chi connectivity index (χ2n) is 4.89. The van der Waals surface area contributed by atoms with Crippen LogP contribution < -0.4 is 4.74 Å². The Labute approximate surface area is 120 Å². The van der Waals surface area contributed by atoms with Crippen LogP contribution in [0.3, 0.4) is 0 Å². The lowest BCUT2D eigenvalue weighted by Gasteiger charge is -2.21. The van der Waals surface area contributed by atoms with Gasteiger partial charge in [-0.25, -0.2) is 4.79 Å². The molecule has 1 aliphatic carbocycles. The Bertz CT molecular complexity index is 493. The summed E-state index contributed by atoms with van der Waals surface area (Å²) in [4.78, 5) is 11.7. The van der Waals surface area contributed by atoms with Crippen LogP contribution in [0.5, 0.6) is 5.88 Å². The summed E-state index contributed by atoms with van der Waals surface area (Å²) in [6.07, 6.45) is 1.14. The van der Waals surface area contributed by atoms with E-state index >= 15 is 0 Å². The summed E-state index contributed by atoms with van der Waals surface area (Å²) >= 11 is 0. The van der Waals surface area contributed by atoms with E-state index in [9.17, 15) is 18.0 Å². The van der Waals surface area contributed by atoms with Gasteiger partial charge in [0.2, 0.25) is 0 Å². The highest BCUT2D eigenvalue weighted by atomic mass is 19.4. The molecule has 0 aromatic carbocycles. The second-order valence-corrected chi connectivity index (χ2v) is 4.89. The molecule has 0 radical (unpaired) electrons. The van der Waals surface area contributed by atoms with Crippen molar-refractivity contribution >= 4 is 5.97 Å². The number of esters is 1. The largest absolute Gasteiger partial charge is 0.574 e. The molecule has 1 heterocycles. The molecule has 2 rings (SSSR count). The zero-order valence-electron chi connectivity index (χ0n) is 11.7. The van der Waals surface area contributed by atoms with E-state index in [0.717, 1.165) is 32.1 Å². The summed E-state index contributed by atoms with van der Waals surface area (Å²) < 4.78 is 47.2. The van der Waals surface area contributed by atoms with Gasteiger partial charge in [-0.05, 0) is 19.8 Å². The summed E-state index contributed by atoms with van der Waals surface area (Å²) in [5.74, 6) is -1.61. The van der Waals surface area contributed by atoms with Gasteiger partial charge in [-0.1, -0.05) is 19.3 Å². The predicted molar refractivity (Wildman–Crippen MR) is 67.0 cm³/mol. The average molecular weight is 306 g/mol. The highest BCUT2D eigenvalue weighted by Crippen LogP contribution is 2.31. The summed E-state index contributed by atoms with van der Waals surface area (Å²) in [5.41, 5.74) is -0.292. The maximum atomic E-state index is 12.4. The number of carbonyl (C=O) groups is 1. The highest BCUT2D eigenvalue weighted by Gasteiger charge is 2.35. The third kappa shape index (κ3) is 4.12. The molecule has 0 saturated heterocycles. The number of carbonyl (C=O) groups excluding carboxylic acids is 1. The van der Waals surface area contributed by atoms with E-state index in [1.54, 1.807) is 6.92 Å². The third-order valence-electron chi connectivity index (χ3n) is 3.35. The fraction of sp³-hybridized carbons (Fsp3) is 0.692. The number of nitrogens with zero attached hydrogens (tertiary/aromatic N) is 2. The van der Waals surface area contributed by atoms with Crippen molar-refractivity contribution in [1.29, 1.82) is 0 Å². The lowest BCUT2D eigenvalue weighted by molar-refractivity contribution is -0.276. The van der Waals surface area contributed by atoms with Crippen molar-refractivity contribution in [2.45, 2.75) is 51.4 Å². The monoisotopic (exact) mass is 306 g/mol.